The Balaban J connectivity index is 1.70. The van der Waals surface area contributed by atoms with Gasteiger partial charge < -0.3 is 14.4 Å². The predicted octanol–water partition coefficient (Wildman–Crippen LogP) is 5.96. The minimum Gasteiger partial charge on any atom is -0.496 e. The second kappa shape index (κ2) is 8.23. The molecule has 1 saturated heterocycles. The molecule has 0 N–H and O–H groups in total. The van der Waals surface area contributed by atoms with Gasteiger partial charge in [-0.1, -0.05) is 43.0 Å². The van der Waals surface area contributed by atoms with Gasteiger partial charge in [0.25, 0.3) is 0 Å². The number of hydrogen-bond acceptors (Lipinski definition) is 6. The summed E-state index contributed by atoms with van der Waals surface area (Å²) in [7, 11) is 3.24. The van der Waals surface area contributed by atoms with Gasteiger partial charge in [0.2, 0.25) is 0 Å². The molecule has 1 aliphatic carbocycles. The molecule has 32 heavy (non-hydrogen) atoms. The highest BCUT2D eigenvalue weighted by Crippen LogP contribution is 2.48. The topological polar surface area (TPSA) is 60.4 Å². The molecule has 1 aromatic carbocycles. The van der Waals surface area contributed by atoms with Gasteiger partial charge in [-0.2, -0.15) is 0 Å². The zero-order valence-electron chi connectivity index (χ0n) is 18.5. The number of aromatic nitrogens is 3. The van der Waals surface area contributed by atoms with Gasteiger partial charge in [0, 0.05) is 41.1 Å². The van der Waals surface area contributed by atoms with Crippen LogP contribution >= 0.6 is 23.2 Å². The van der Waals surface area contributed by atoms with E-state index in [1.807, 2.05) is 12.1 Å². The van der Waals surface area contributed by atoms with Crippen LogP contribution in [0.4, 0.5) is 5.82 Å². The summed E-state index contributed by atoms with van der Waals surface area (Å²) < 4.78 is 11.2. The monoisotopic (exact) mass is 472 g/mol. The van der Waals surface area contributed by atoms with Gasteiger partial charge in [0.05, 0.1) is 31.0 Å². The average molecular weight is 473 g/mol. The number of methoxy groups -OCH3 is 2. The van der Waals surface area contributed by atoms with E-state index in [0.29, 0.717) is 39.3 Å². The van der Waals surface area contributed by atoms with Gasteiger partial charge >= 0.3 is 0 Å². The van der Waals surface area contributed by atoms with Gasteiger partial charge in [-0.3, -0.25) is 0 Å². The Bertz CT molecular complexity index is 1190. The van der Waals surface area contributed by atoms with E-state index >= 15 is 0 Å². The molecule has 2 aromatic heterocycles. The third kappa shape index (κ3) is 3.44. The molecule has 5 rings (SSSR count). The molecule has 2 fully saturated rings. The number of anilines is 1. The highest BCUT2D eigenvalue weighted by molar-refractivity contribution is 6.35. The van der Waals surface area contributed by atoms with Gasteiger partial charge in [-0.05, 0) is 25.3 Å². The Hall–Kier alpha value is -2.31. The van der Waals surface area contributed by atoms with E-state index < -0.39 is 0 Å². The molecule has 3 aromatic rings. The van der Waals surface area contributed by atoms with Gasteiger partial charge in [0.1, 0.15) is 22.5 Å². The number of ether oxygens (including phenoxy) is 2. The molecule has 168 valence electrons. The van der Waals surface area contributed by atoms with Crippen LogP contribution in [0.25, 0.3) is 22.3 Å². The van der Waals surface area contributed by atoms with Crippen LogP contribution in [0.1, 0.15) is 38.2 Å². The first-order chi connectivity index (χ1) is 15.5. The van der Waals surface area contributed by atoms with Crippen LogP contribution in [0.5, 0.6) is 11.5 Å². The van der Waals surface area contributed by atoms with Crippen molar-refractivity contribution in [2.24, 2.45) is 5.41 Å². The Morgan fingerprint density at radius 3 is 2.41 bits per heavy atom. The van der Waals surface area contributed by atoms with Gasteiger partial charge in [-0.15, -0.1) is 0 Å². The number of fused-ring (bicyclic) bond motifs is 1. The fraction of sp³-hybridized carbons (Fsp3) is 0.458. The summed E-state index contributed by atoms with van der Waals surface area (Å²) in [5.74, 6) is 2.66. The lowest BCUT2D eigenvalue weighted by atomic mass is 9.78. The van der Waals surface area contributed by atoms with E-state index in [-0.39, 0.29) is 0 Å². The molecule has 1 saturated carbocycles. The summed E-state index contributed by atoms with van der Waals surface area (Å²) in [6, 6.07) is 3.66. The number of rotatable bonds is 5. The maximum absolute atomic E-state index is 6.80. The highest BCUT2D eigenvalue weighted by Gasteiger charge is 2.45. The molecule has 0 amide bonds. The summed E-state index contributed by atoms with van der Waals surface area (Å²) in [5.41, 5.74) is 2.85. The first-order valence-corrected chi connectivity index (χ1v) is 11.8. The van der Waals surface area contributed by atoms with Crippen molar-refractivity contribution in [1.29, 1.82) is 0 Å². The number of halogens is 2. The fourth-order valence-corrected chi connectivity index (χ4v) is 5.75. The Morgan fingerprint density at radius 1 is 1.03 bits per heavy atom. The van der Waals surface area contributed by atoms with Crippen molar-refractivity contribution in [2.45, 2.75) is 39.0 Å². The van der Waals surface area contributed by atoms with Gasteiger partial charge in [-0.25, -0.2) is 15.0 Å². The lowest BCUT2D eigenvalue weighted by Gasteiger charge is -2.49. The maximum atomic E-state index is 6.80. The number of nitrogens with zero attached hydrogens (tertiary/aromatic N) is 4. The van der Waals surface area contributed by atoms with Crippen LogP contribution in [0.15, 0.2) is 18.3 Å². The summed E-state index contributed by atoms with van der Waals surface area (Å²) in [6.45, 7) is 4.08. The first kappa shape index (κ1) is 21.5. The second-order valence-electron chi connectivity index (χ2n) is 8.76. The lowest BCUT2D eigenvalue weighted by molar-refractivity contribution is 0.221. The van der Waals surface area contributed by atoms with E-state index in [4.69, 9.17) is 42.6 Å². The molecule has 0 radical (unpaired) electrons. The Labute approximate surface area is 197 Å². The molecule has 6 nitrogen and oxygen atoms in total. The molecular formula is C24H26Cl2N4O2. The number of benzene rings is 1. The number of pyridine rings is 1. The zero-order valence-corrected chi connectivity index (χ0v) is 20.1. The van der Waals surface area contributed by atoms with E-state index in [1.54, 1.807) is 20.4 Å². The van der Waals surface area contributed by atoms with E-state index in [9.17, 15) is 0 Å². The highest BCUT2D eigenvalue weighted by atomic mass is 35.5. The van der Waals surface area contributed by atoms with Crippen molar-refractivity contribution in [2.75, 3.05) is 32.2 Å². The van der Waals surface area contributed by atoms with Crippen LogP contribution in [-0.2, 0) is 6.42 Å². The molecule has 0 atom stereocenters. The summed E-state index contributed by atoms with van der Waals surface area (Å²) in [5, 5.41) is 1.82. The van der Waals surface area contributed by atoms with E-state index in [2.05, 4.69) is 16.8 Å². The van der Waals surface area contributed by atoms with Crippen molar-refractivity contribution in [1.82, 2.24) is 15.0 Å². The SMILES string of the molecule is CCc1c(OC)cc(OC)c(Cl)c1-c1nc(N2CC3(CCCC3)C2)c2cc(Cl)ncc2n1. The quantitative estimate of drug-likeness (QED) is 0.427. The fourth-order valence-electron chi connectivity index (χ4n) is 5.26. The molecule has 1 aliphatic heterocycles. The molecule has 0 bridgehead atoms. The second-order valence-corrected chi connectivity index (χ2v) is 9.53. The largest absolute Gasteiger partial charge is 0.496 e. The first-order valence-electron chi connectivity index (χ1n) is 11.0. The van der Waals surface area contributed by atoms with Crippen molar-refractivity contribution in [3.63, 3.8) is 0 Å². The average Bonchev–Trinajstić information content (AvgIpc) is 3.27. The third-order valence-electron chi connectivity index (χ3n) is 6.86. The summed E-state index contributed by atoms with van der Waals surface area (Å²) >= 11 is 13.0. The summed E-state index contributed by atoms with van der Waals surface area (Å²) in [6.07, 6.45) is 7.64. The van der Waals surface area contributed by atoms with Crippen molar-refractivity contribution >= 4 is 39.9 Å². The third-order valence-corrected chi connectivity index (χ3v) is 7.44. The standard InChI is InChI=1S/C24H26Cl2N4O2/c1-4-14-17(31-2)10-18(32-3)21(26)20(14)22-28-16-11-27-19(25)9-15(16)23(29-22)30-12-24(13-30)7-5-6-8-24/h9-11H,4-8,12-13H2,1-3H3. The van der Waals surface area contributed by atoms with Crippen molar-refractivity contribution in [3.8, 4) is 22.9 Å². The Kier molecular flexibility index (Phi) is 5.54. The van der Waals surface area contributed by atoms with Crippen LogP contribution in [0, 0.1) is 5.41 Å². The molecular weight excluding hydrogens is 447 g/mol. The zero-order chi connectivity index (χ0) is 22.5. The van der Waals surface area contributed by atoms with Crippen LogP contribution < -0.4 is 14.4 Å². The minimum atomic E-state index is 0.430. The molecule has 8 heteroatoms. The van der Waals surface area contributed by atoms with Crippen LogP contribution in [-0.4, -0.2) is 42.3 Å². The van der Waals surface area contributed by atoms with Crippen LogP contribution in [0.2, 0.25) is 10.2 Å². The smallest absolute Gasteiger partial charge is 0.164 e. The Morgan fingerprint density at radius 2 is 1.75 bits per heavy atom. The predicted molar refractivity (Wildman–Crippen MR) is 128 cm³/mol. The molecule has 0 unspecified atom stereocenters. The van der Waals surface area contributed by atoms with Gasteiger partial charge in [0.15, 0.2) is 5.82 Å². The maximum Gasteiger partial charge on any atom is 0.164 e. The normalized spacial score (nSPS) is 17.1. The lowest BCUT2D eigenvalue weighted by Crippen LogP contribution is -2.55. The molecule has 1 spiro atoms. The molecule has 2 aliphatic rings. The summed E-state index contributed by atoms with van der Waals surface area (Å²) in [4.78, 5) is 16.5. The van der Waals surface area contributed by atoms with Crippen molar-refractivity contribution < 1.29 is 9.47 Å². The number of hydrogen-bond donors (Lipinski definition) is 0. The van der Waals surface area contributed by atoms with Crippen molar-refractivity contribution in [3.05, 3.63) is 34.1 Å². The van der Waals surface area contributed by atoms with E-state index in [0.717, 1.165) is 40.9 Å². The minimum absolute atomic E-state index is 0.430. The molecule has 3 heterocycles. The van der Waals surface area contributed by atoms with Crippen LogP contribution in [0.3, 0.4) is 0 Å². The van der Waals surface area contributed by atoms with E-state index in [1.165, 1.54) is 25.7 Å².